The Morgan fingerprint density at radius 2 is 2.06 bits per heavy atom. The van der Waals surface area contributed by atoms with Crippen LogP contribution in [0, 0.1) is 0 Å². The molecule has 0 fully saturated rings. The normalized spacial score (nSPS) is 11.8. The summed E-state index contributed by atoms with van der Waals surface area (Å²) in [5, 5.41) is 3.41. The quantitative estimate of drug-likeness (QED) is 0.776. The lowest BCUT2D eigenvalue weighted by Gasteiger charge is -2.02. The lowest BCUT2D eigenvalue weighted by molar-refractivity contribution is -0.143. The van der Waals surface area contributed by atoms with Crippen LogP contribution in [-0.4, -0.2) is 22.9 Å². The molecule has 2 aromatic rings. The summed E-state index contributed by atoms with van der Waals surface area (Å²) in [5.41, 5.74) is -0.753. The number of carbonyl (C=O) groups is 1. The molecule has 18 heavy (non-hydrogen) atoms. The fraction of sp³-hybridized carbons (Fsp3) is 0.273. The molecule has 0 N–H and O–H groups in total. The van der Waals surface area contributed by atoms with Crippen molar-refractivity contribution < 1.29 is 22.7 Å². The first-order chi connectivity index (χ1) is 8.43. The van der Waals surface area contributed by atoms with Gasteiger partial charge in [-0.3, -0.25) is 9.48 Å². The predicted octanol–water partition coefficient (Wildman–Crippen LogP) is 2.23. The van der Waals surface area contributed by atoms with Crippen LogP contribution in [-0.2, 0) is 22.3 Å². The van der Waals surface area contributed by atoms with Crippen LogP contribution < -0.4 is 0 Å². The molecule has 0 saturated carbocycles. The van der Waals surface area contributed by atoms with Gasteiger partial charge < -0.3 is 4.74 Å². The third-order valence-electron chi connectivity index (χ3n) is 2.43. The van der Waals surface area contributed by atoms with E-state index in [9.17, 15) is 18.0 Å². The summed E-state index contributed by atoms with van der Waals surface area (Å²) in [7, 11) is 1.17. The maximum Gasteiger partial charge on any atom is 0.435 e. The number of hydrogen-bond acceptors (Lipinski definition) is 3. The van der Waals surface area contributed by atoms with Crippen molar-refractivity contribution >= 4 is 16.9 Å². The number of ether oxygens (including phenoxy) is 1. The van der Waals surface area contributed by atoms with Gasteiger partial charge in [0.2, 0.25) is 0 Å². The second kappa shape index (κ2) is 4.32. The lowest BCUT2D eigenvalue weighted by Crippen LogP contribution is -2.14. The number of hydrogen-bond donors (Lipinski definition) is 0. The van der Waals surface area contributed by atoms with Gasteiger partial charge in [0.25, 0.3) is 0 Å². The smallest absolute Gasteiger partial charge is 0.435 e. The van der Waals surface area contributed by atoms with E-state index in [0.29, 0.717) is 0 Å². The molecule has 7 heteroatoms. The minimum absolute atomic E-state index is 0.0334. The maximum atomic E-state index is 12.8. The maximum absolute atomic E-state index is 12.8. The van der Waals surface area contributed by atoms with E-state index >= 15 is 0 Å². The number of aromatic nitrogens is 2. The van der Waals surface area contributed by atoms with Gasteiger partial charge in [-0.15, -0.1) is 0 Å². The van der Waals surface area contributed by atoms with Crippen LogP contribution in [0.15, 0.2) is 24.3 Å². The van der Waals surface area contributed by atoms with Crippen molar-refractivity contribution in [2.24, 2.45) is 0 Å². The first kappa shape index (κ1) is 12.4. The molecule has 4 nitrogen and oxygen atoms in total. The van der Waals surface area contributed by atoms with E-state index in [1.54, 1.807) is 6.07 Å². The number of esters is 1. The van der Waals surface area contributed by atoms with Gasteiger partial charge in [0.1, 0.15) is 6.54 Å². The Kier molecular flexibility index (Phi) is 2.98. The first-order valence-corrected chi connectivity index (χ1v) is 5.03. The second-order valence-corrected chi connectivity index (χ2v) is 3.60. The number of alkyl halides is 3. The highest BCUT2D eigenvalue weighted by atomic mass is 19.4. The zero-order valence-corrected chi connectivity index (χ0v) is 9.36. The molecule has 1 aromatic carbocycles. The average Bonchev–Trinajstić information content (AvgIpc) is 2.68. The number of fused-ring (bicyclic) bond motifs is 1. The minimum Gasteiger partial charge on any atom is -0.468 e. The summed E-state index contributed by atoms with van der Waals surface area (Å²) in [6, 6.07) is 5.86. The molecule has 0 aliphatic carbocycles. The van der Waals surface area contributed by atoms with E-state index in [2.05, 4.69) is 9.84 Å². The number of halogens is 3. The van der Waals surface area contributed by atoms with Crippen molar-refractivity contribution in [1.29, 1.82) is 0 Å². The Bertz CT molecular complexity index is 589. The third kappa shape index (κ3) is 2.15. The van der Waals surface area contributed by atoms with Crippen LogP contribution in [0.1, 0.15) is 5.69 Å². The number of benzene rings is 1. The summed E-state index contributed by atoms with van der Waals surface area (Å²) >= 11 is 0. The topological polar surface area (TPSA) is 44.1 Å². The van der Waals surface area contributed by atoms with Crippen LogP contribution in [0.4, 0.5) is 13.2 Å². The van der Waals surface area contributed by atoms with Crippen molar-refractivity contribution in [3.63, 3.8) is 0 Å². The standard InChI is InChI=1S/C11H9F3N2O2/c1-18-9(17)6-16-8-5-3-2-4-7(8)10(15-16)11(12,13)14/h2-5H,6H2,1H3. The molecule has 1 aromatic heterocycles. The van der Waals surface area contributed by atoms with Gasteiger partial charge in [0.15, 0.2) is 5.69 Å². The zero-order chi connectivity index (χ0) is 13.3. The lowest BCUT2D eigenvalue weighted by atomic mass is 10.2. The molecule has 2 rings (SSSR count). The number of methoxy groups -OCH3 is 1. The van der Waals surface area contributed by atoms with Gasteiger partial charge >= 0.3 is 12.1 Å². The summed E-state index contributed by atoms with van der Waals surface area (Å²) in [5.74, 6) is -0.656. The monoisotopic (exact) mass is 258 g/mol. The van der Waals surface area contributed by atoms with E-state index in [0.717, 1.165) is 4.68 Å². The first-order valence-electron chi connectivity index (χ1n) is 5.03. The van der Waals surface area contributed by atoms with E-state index in [4.69, 9.17) is 0 Å². The molecule has 1 heterocycles. The Morgan fingerprint density at radius 3 is 2.67 bits per heavy atom. The largest absolute Gasteiger partial charge is 0.468 e. The van der Waals surface area contributed by atoms with E-state index in [-0.39, 0.29) is 17.4 Å². The van der Waals surface area contributed by atoms with Crippen LogP contribution in [0.25, 0.3) is 10.9 Å². The molecule has 0 saturated heterocycles. The van der Waals surface area contributed by atoms with E-state index in [1.165, 1.54) is 25.3 Å². The number of para-hydroxylation sites is 1. The Labute approximate surface area is 100.0 Å². The van der Waals surface area contributed by atoms with Crippen molar-refractivity contribution in [2.75, 3.05) is 7.11 Å². The van der Waals surface area contributed by atoms with Crippen LogP contribution >= 0.6 is 0 Å². The fourth-order valence-corrected chi connectivity index (χ4v) is 1.64. The SMILES string of the molecule is COC(=O)Cn1nc(C(F)(F)F)c2ccccc21. The van der Waals surface area contributed by atoms with Gasteiger partial charge in [-0.2, -0.15) is 18.3 Å². The summed E-state index contributed by atoms with van der Waals surface area (Å²) in [4.78, 5) is 11.1. The van der Waals surface area contributed by atoms with Gasteiger partial charge in [0, 0.05) is 5.39 Å². The van der Waals surface area contributed by atoms with Gasteiger partial charge in [-0.25, -0.2) is 0 Å². The summed E-state index contributed by atoms with van der Waals surface area (Å²) in [6.07, 6.45) is -4.55. The molecule has 0 spiro atoms. The van der Waals surface area contributed by atoms with Crippen LogP contribution in [0.2, 0.25) is 0 Å². The van der Waals surface area contributed by atoms with Gasteiger partial charge in [-0.05, 0) is 6.07 Å². The fourth-order valence-electron chi connectivity index (χ4n) is 1.64. The van der Waals surface area contributed by atoms with Crippen molar-refractivity contribution in [3.05, 3.63) is 30.0 Å². The van der Waals surface area contributed by atoms with Gasteiger partial charge in [-0.1, -0.05) is 18.2 Å². The van der Waals surface area contributed by atoms with Crippen molar-refractivity contribution in [2.45, 2.75) is 12.7 Å². The molecule has 0 aliphatic rings. The molecule has 0 atom stereocenters. The number of nitrogens with zero attached hydrogens (tertiary/aromatic N) is 2. The van der Waals surface area contributed by atoms with E-state index in [1.807, 2.05) is 0 Å². The second-order valence-electron chi connectivity index (χ2n) is 3.60. The van der Waals surface area contributed by atoms with Crippen molar-refractivity contribution in [3.8, 4) is 0 Å². The highest BCUT2D eigenvalue weighted by molar-refractivity contribution is 5.83. The predicted molar refractivity (Wildman–Crippen MR) is 56.8 cm³/mol. The highest BCUT2D eigenvalue weighted by Gasteiger charge is 2.36. The Balaban J connectivity index is 2.58. The minimum atomic E-state index is -4.55. The average molecular weight is 258 g/mol. The van der Waals surface area contributed by atoms with Crippen LogP contribution in [0.3, 0.4) is 0 Å². The Hall–Kier alpha value is -2.05. The molecule has 0 radical (unpaired) electrons. The molecule has 0 bridgehead atoms. The summed E-state index contributed by atoms with van der Waals surface area (Å²) in [6.45, 7) is -0.354. The molecule has 0 amide bonds. The molecule has 96 valence electrons. The molecule has 0 unspecified atom stereocenters. The van der Waals surface area contributed by atoms with Crippen molar-refractivity contribution in [1.82, 2.24) is 9.78 Å². The molecular formula is C11H9F3N2O2. The highest BCUT2D eigenvalue weighted by Crippen LogP contribution is 2.33. The van der Waals surface area contributed by atoms with Crippen LogP contribution in [0.5, 0.6) is 0 Å². The third-order valence-corrected chi connectivity index (χ3v) is 2.43. The molecule has 0 aliphatic heterocycles. The van der Waals surface area contributed by atoms with Gasteiger partial charge in [0.05, 0.1) is 12.6 Å². The Morgan fingerprint density at radius 1 is 1.39 bits per heavy atom. The zero-order valence-electron chi connectivity index (χ0n) is 9.36. The number of carbonyl (C=O) groups excluding carboxylic acids is 1. The van der Waals surface area contributed by atoms with E-state index < -0.39 is 17.8 Å². The number of rotatable bonds is 2. The summed E-state index contributed by atoms with van der Waals surface area (Å²) < 4.78 is 43.7. The molecular weight excluding hydrogens is 249 g/mol.